The molecule has 0 radical (unpaired) electrons. The van der Waals surface area contributed by atoms with Crippen molar-refractivity contribution in [2.24, 2.45) is 98.8 Å². The average Bonchev–Trinajstić information content (AvgIpc) is 1.26. The first-order chi connectivity index (χ1) is 43.9. The molecule has 26 heteroatoms. The molecule has 1 aromatic rings. The summed E-state index contributed by atoms with van der Waals surface area (Å²) in [4.78, 5) is 106. The number of nitrogens with two attached hydrogens (primary N) is 10. The Kier molecular flexibility index (Phi) is 82.2. The van der Waals surface area contributed by atoms with Gasteiger partial charge in [-0.1, -0.05) is 126 Å². The summed E-state index contributed by atoms with van der Waals surface area (Å²) in [5.41, 5.74) is 54.5. The van der Waals surface area contributed by atoms with Crippen molar-refractivity contribution in [2.45, 2.75) is 186 Å². The minimum absolute atomic E-state index is 0. The molecule has 0 spiro atoms. The molecule has 8 unspecified atom stereocenters. The Bertz CT molecular complexity index is 2010. The number of rotatable bonds is 39. The predicted molar refractivity (Wildman–Crippen MR) is 386 cm³/mol. The lowest BCUT2D eigenvalue weighted by atomic mass is 9.92. The second kappa shape index (κ2) is 74.5. The quantitative estimate of drug-likeness (QED) is 0.0195. The van der Waals surface area contributed by atoms with Gasteiger partial charge >= 0.3 is 0 Å². The van der Waals surface area contributed by atoms with Gasteiger partial charge in [-0.3, -0.25) is 47.9 Å². The molecule has 93 heavy (non-hydrogen) atoms. The Morgan fingerprint density at radius 3 is 1.14 bits per heavy atom. The van der Waals surface area contributed by atoms with Crippen LogP contribution in [0.1, 0.15) is 186 Å². The van der Waals surface area contributed by atoms with Crippen molar-refractivity contribution >= 4 is 59.3 Å². The monoisotopic (exact) mass is 1330 g/mol. The van der Waals surface area contributed by atoms with Crippen molar-refractivity contribution < 1.29 is 49.4 Å². The Labute approximate surface area is 562 Å². The van der Waals surface area contributed by atoms with Gasteiger partial charge in [0.1, 0.15) is 5.78 Å². The number of ketones is 1. The van der Waals surface area contributed by atoms with E-state index in [1.54, 1.807) is 34.6 Å². The normalized spacial score (nSPS) is 12.4. The SMILES string of the molecule is C=CC(=O)NCCN.C=CC(N)=O.CC=[OH+].CCC(C)CN.CCC(CC(C)C(N)=O)C(=O)NCCN.CCC(CC(C)C(N)=O)C(=O)NCCN.CCC(CC)c1ccc(CN)cc1.CCNCCNC(=O)C(CC)CC(C)C(N)=O.CNC(CCCCN)C(C)=O.[HH]. The van der Waals surface area contributed by atoms with Gasteiger partial charge in [-0.25, -0.2) is 0 Å². The van der Waals surface area contributed by atoms with E-state index in [0.717, 1.165) is 57.7 Å². The number of Topliss-reactive ketones (excluding diaryl/α,β-unsaturated/α-hetero) is 1. The third-order valence-corrected chi connectivity index (χ3v) is 14.1. The van der Waals surface area contributed by atoms with Crippen LogP contribution in [0.3, 0.4) is 0 Å². The Morgan fingerprint density at radius 1 is 0.538 bits per heavy atom. The molecule has 0 saturated carbocycles. The third-order valence-electron chi connectivity index (χ3n) is 14.1. The number of benzene rings is 1. The van der Waals surface area contributed by atoms with Crippen LogP contribution in [0.15, 0.2) is 49.6 Å². The lowest BCUT2D eigenvalue weighted by molar-refractivity contribution is -0.128. The van der Waals surface area contributed by atoms with Crippen LogP contribution >= 0.6 is 0 Å². The molecule has 546 valence electrons. The van der Waals surface area contributed by atoms with E-state index in [4.69, 9.17) is 56.4 Å². The van der Waals surface area contributed by atoms with Gasteiger partial charge in [0.05, 0.1) is 6.04 Å². The molecule has 0 saturated heterocycles. The second-order valence-electron chi connectivity index (χ2n) is 21.8. The highest BCUT2D eigenvalue weighted by Gasteiger charge is 2.24. The molecule has 8 amide bonds. The van der Waals surface area contributed by atoms with Crippen molar-refractivity contribution in [3.63, 3.8) is 0 Å². The van der Waals surface area contributed by atoms with Crippen LogP contribution in [0.5, 0.6) is 0 Å². The molecular formula is C67H139N16O10+. The van der Waals surface area contributed by atoms with E-state index in [9.17, 15) is 43.2 Å². The summed E-state index contributed by atoms with van der Waals surface area (Å²) in [6.07, 6.45) is 13.5. The molecule has 1 aromatic carbocycles. The number of unbranched alkanes of at least 4 members (excludes halogenated alkanes) is 1. The number of hydrogen-bond acceptors (Lipinski definition) is 17. The van der Waals surface area contributed by atoms with Crippen molar-refractivity contribution in [2.75, 3.05) is 79.0 Å². The second-order valence-corrected chi connectivity index (χ2v) is 21.8. The van der Waals surface area contributed by atoms with Crippen molar-refractivity contribution in [1.29, 1.82) is 0 Å². The molecule has 27 N–H and O–H groups in total. The standard InChI is InChI=1S/C12H25N3O2.C12H19N.2C10H21N3O2.C8H18N2O.C5H10N2O.C5H13N.C3H5NO.C2H4O.H2/c1-4-10(8-9(3)11(13)16)12(17)15-7-6-14-5-2;1-3-11(4-2)12-7-5-10(9-13)6-8-12;2*1-3-8(6-7(2)9(12)14)10(15)13-5-4-11;1-7(11)8(10-2)5-3-4-6-9;1-2-5(8)7-4-3-6;1-3-5(2)4-6;1-2-3(4)5;1-2-3;/h9-10,14H,4-8H2,1-3H3,(H2,13,16)(H,15,17);5-8,11H,3-4,9,13H2,1-2H3;2*7-8H,3-6,11H2,1-2H3,(H2,12,14)(H,13,15);8,10H,3-6,9H2,1-2H3;2H,1,3-4,6H2,(H,7,8);5H,3-4,6H2,1-2H3;2H,1H2,(H2,4,5);2H,1H3;1H/p+1. The first kappa shape index (κ1) is 103. The molecular weight excluding hydrogens is 1190 g/mol. The van der Waals surface area contributed by atoms with Gasteiger partial charge in [0, 0.05) is 103 Å². The summed E-state index contributed by atoms with van der Waals surface area (Å²) < 4.78 is 0. The molecule has 0 aliphatic carbocycles. The molecule has 8 atom stereocenters. The van der Waals surface area contributed by atoms with E-state index >= 15 is 0 Å². The summed E-state index contributed by atoms with van der Waals surface area (Å²) >= 11 is 0. The van der Waals surface area contributed by atoms with E-state index in [1.165, 1.54) is 36.5 Å². The number of carbonyl (C=O) groups excluding carboxylic acids is 10. The average molecular weight is 1330 g/mol. The van der Waals surface area contributed by atoms with E-state index < -0.39 is 5.91 Å². The molecule has 0 aromatic heterocycles. The highest BCUT2D eigenvalue weighted by Crippen LogP contribution is 2.23. The van der Waals surface area contributed by atoms with Gasteiger partial charge < -0.3 is 89.2 Å². The number of aldehydes is 1. The van der Waals surface area contributed by atoms with Crippen LogP contribution in [0.4, 0.5) is 0 Å². The van der Waals surface area contributed by atoms with Crippen LogP contribution in [-0.4, -0.2) is 149 Å². The zero-order valence-corrected chi connectivity index (χ0v) is 60.0. The van der Waals surface area contributed by atoms with Crippen LogP contribution in [0, 0.1) is 41.4 Å². The maximum absolute atomic E-state index is 11.8. The molecule has 0 fully saturated rings. The van der Waals surface area contributed by atoms with Gasteiger partial charge in [0.25, 0.3) is 6.29 Å². The van der Waals surface area contributed by atoms with Gasteiger partial charge in [0.15, 0.2) is 0 Å². The van der Waals surface area contributed by atoms with Gasteiger partial charge in [-0.05, 0) is 133 Å². The largest absolute Gasteiger partial charge is 0.369 e. The lowest BCUT2D eigenvalue weighted by Gasteiger charge is -2.17. The molecule has 0 aliphatic heterocycles. The number of likely N-dealkylation sites (N-methyl/N-ethyl adjacent to an activating group) is 2. The minimum Gasteiger partial charge on any atom is -0.369 e. The van der Waals surface area contributed by atoms with Crippen molar-refractivity contribution in [1.82, 2.24) is 31.9 Å². The zero-order valence-electron chi connectivity index (χ0n) is 60.0. The number of carbonyl (C=O) groups is 9. The van der Waals surface area contributed by atoms with Crippen molar-refractivity contribution in [3.8, 4) is 0 Å². The smallest absolute Gasteiger partial charge is 0.278 e. The van der Waals surface area contributed by atoms with Gasteiger partial charge in [0.2, 0.25) is 47.3 Å². The Balaban J connectivity index is -0.000000127. The summed E-state index contributed by atoms with van der Waals surface area (Å²) in [6.45, 7) is 38.6. The molecule has 1 rings (SSSR count). The Hall–Kier alpha value is -6.52. The van der Waals surface area contributed by atoms with E-state index in [1.807, 2.05) is 34.7 Å². The zero-order chi connectivity index (χ0) is 73.7. The van der Waals surface area contributed by atoms with Gasteiger partial charge in [-0.2, -0.15) is 0 Å². The highest BCUT2D eigenvalue weighted by molar-refractivity contribution is 5.87. The van der Waals surface area contributed by atoms with Gasteiger partial charge in [-0.15, -0.1) is 0 Å². The summed E-state index contributed by atoms with van der Waals surface area (Å²) in [5, 5.41) is 16.9. The summed E-state index contributed by atoms with van der Waals surface area (Å²) in [7, 11) is 1.81. The first-order valence-electron chi connectivity index (χ1n) is 33.0. The number of amides is 8. The highest BCUT2D eigenvalue weighted by atomic mass is 16.2. The summed E-state index contributed by atoms with van der Waals surface area (Å²) in [6, 6.07) is 8.71. The molecule has 0 bridgehead atoms. The van der Waals surface area contributed by atoms with Crippen molar-refractivity contribution in [3.05, 3.63) is 60.7 Å². The number of primary amides is 4. The van der Waals surface area contributed by atoms with E-state index in [0.29, 0.717) is 103 Å². The fourth-order valence-corrected chi connectivity index (χ4v) is 7.44. The Morgan fingerprint density at radius 2 is 0.903 bits per heavy atom. The van der Waals surface area contributed by atoms with Crippen LogP contribution in [-0.2, 0) is 49.7 Å². The van der Waals surface area contributed by atoms with Crippen LogP contribution in [0.2, 0.25) is 0 Å². The summed E-state index contributed by atoms with van der Waals surface area (Å²) in [5.74, 6) is -1.37. The lowest BCUT2D eigenvalue weighted by Crippen LogP contribution is -2.37. The maximum Gasteiger partial charge on any atom is 0.278 e. The number of nitrogens with one attached hydrogen (secondary N) is 6. The molecule has 0 aliphatic rings. The minimum atomic E-state index is -0.481. The predicted octanol–water partition coefficient (Wildman–Crippen LogP) is 3.11. The topological polar surface area (TPSA) is 507 Å². The molecule has 26 nitrogen and oxygen atoms in total. The maximum atomic E-state index is 11.8. The van der Waals surface area contributed by atoms with E-state index in [-0.39, 0.29) is 90.1 Å². The van der Waals surface area contributed by atoms with E-state index in [2.05, 4.69) is 103 Å². The van der Waals surface area contributed by atoms with Crippen LogP contribution < -0.4 is 89.2 Å². The molecule has 0 heterocycles. The fourth-order valence-electron chi connectivity index (χ4n) is 7.44. The fraction of sp³-hybridized carbons (Fsp3) is 0.701. The third kappa shape index (κ3) is 69.7. The number of hydrogen-bond donors (Lipinski definition) is 16. The van der Waals surface area contributed by atoms with Crippen LogP contribution in [0.25, 0.3) is 0 Å². The first-order valence-corrected chi connectivity index (χ1v) is 33.0.